The lowest BCUT2D eigenvalue weighted by molar-refractivity contribution is 0.0514. The molecule has 0 unspecified atom stereocenters. The Balaban J connectivity index is 2.83. The minimum atomic E-state index is -0.422. The molecule has 0 aliphatic heterocycles. The number of hydrogen-bond donors (Lipinski definition) is 0. The minimum absolute atomic E-state index is 0.280. The molecule has 5 heteroatoms. The van der Waals surface area contributed by atoms with Crippen molar-refractivity contribution in [2.75, 3.05) is 11.9 Å². The van der Waals surface area contributed by atoms with E-state index in [1.54, 1.807) is 13.8 Å². The normalized spacial score (nSPS) is 10.2. The lowest BCUT2D eigenvalue weighted by Gasteiger charge is -1.97. The summed E-state index contributed by atoms with van der Waals surface area (Å²) in [6, 6.07) is 0. The van der Waals surface area contributed by atoms with Crippen LogP contribution in [0.1, 0.15) is 28.7 Å². The van der Waals surface area contributed by atoms with E-state index in [-0.39, 0.29) is 5.69 Å². The number of carbonyl (C=O) groups excluding carboxylic acids is 1. The predicted octanol–water partition coefficient (Wildman–Crippen LogP) is 2.10. The Morgan fingerprint density at radius 2 is 2.36 bits per heavy atom. The molecule has 0 aromatic carbocycles. The summed E-state index contributed by atoms with van der Waals surface area (Å²) in [4.78, 5) is 11.3. The smallest absolute Gasteiger partial charge is 0.360 e. The first-order valence-electron chi connectivity index (χ1n) is 4.39. The van der Waals surface area contributed by atoms with Gasteiger partial charge in [-0.05, 0) is 13.8 Å². The van der Waals surface area contributed by atoms with Gasteiger partial charge in [0.05, 0.1) is 6.61 Å². The second-order valence-corrected chi connectivity index (χ2v) is 3.53. The molecule has 0 aliphatic carbocycles. The third kappa shape index (κ3) is 2.35. The van der Waals surface area contributed by atoms with Crippen molar-refractivity contribution in [3.8, 4) is 0 Å². The summed E-state index contributed by atoms with van der Waals surface area (Å²) >= 11 is 3.29. The zero-order chi connectivity index (χ0) is 10.6. The van der Waals surface area contributed by atoms with Crippen molar-refractivity contribution in [1.82, 2.24) is 5.16 Å². The van der Waals surface area contributed by atoms with E-state index in [1.165, 1.54) is 0 Å². The summed E-state index contributed by atoms with van der Waals surface area (Å²) < 4.78 is 9.85. The molecule has 1 heterocycles. The van der Waals surface area contributed by atoms with Crippen LogP contribution in [0, 0.1) is 6.92 Å². The van der Waals surface area contributed by atoms with Crippen LogP contribution in [-0.4, -0.2) is 23.1 Å². The number of ether oxygens (including phenoxy) is 1. The van der Waals surface area contributed by atoms with E-state index < -0.39 is 5.97 Å². The van der Waals surface area contributed by atoms with Crippen LogP contribution in [0.3, 0.4) is 0 Å². The van der Waals surface area contributed by atoms with Crippen LogP contribution < -0.4 is 0 Å². The third-order valence-corrected chi connectivity index (χ3v) is 2.21. The monoisotopic (exact) mass is 261 g/mol. The third-order valence-electron chi connectivity index (χ3n) is 1.81. The molecule has 0 N–H and O–H groups in total. The van der Waals surface area contributed by atoms with Crippen LogP contribution in [0.2, 0.25) is 0 Å². The Morgan fingerprint density at radius 1 is 1.64 bits per heavy atom. The van der Waals surface area contributed by atoms with Crippen LogP contribution in [-0.2, 0) is 11.2 Å². The summed E-state index contributed by atoms with van der Waals surface area (Å²) in [7, 11) is 0. The molecule has 0 amide bonds. The topological polar surface area (TPSA) is 52.3 Å². The average molecular weight is 262 g/mol. The molecule has 0 radical (unpaired) electrons. The summed E-state index contributed by atoms with van der Waals surface area (Å²) in [6.07, 6.45) is 0.720. The average Bonchev–Trinajstić information content (AvgIpc) is 2.49. The van der Waals surface area contributed by atoms with Gasteiger partial charge in [-0.25, -0.2) is 4.79 Å². The summed E-state index contributed by atoms with van der Waals surface area (Å²) in [5.41, 5.74) is 1.05. The number of nitrogens with zero attached hydrogens (tertiary/aromatic N) is 1. The van der Waals surface area contributed by atoms with Crippen molar-refractivity contribution in [2.45, 2.75) is 20.3 Å². The fourth-order valence-electron chi connectivity index (χ4n) is 1.08. The highest BCUT2D eigenvalue weighted by Gasteiger charge is 2.18. The molecule has 0 aliphatic rings. The molecule has 1 aromatic rings. The Bertz CT molecular complexity index is 322. The van der Waals surface area contributed by atoms with E-state index in [1.807, 2.05) is 0 Å². The van der Waals surface area contributed by atoms with Crippen LogP contribution >= 0.6 is 15.9 Å². The Labute approximate surface area is 90.7 Å². The van der Waals surface area contributed by atoms with Crippen LogP contribution in [0.4, 0.5) is 0 Å². The highest BCUT2D eigenvalue weighted by Crippen LogP contribution is 2.15. The van der Waals surface area contributed by atoms with E-state index in [0.717, 1.165) is 23.1 Å². The number of esters is 1. The summed E-state index contributed by atoms with van der Waals surface area (Å²) in [5, 5.41) is 4.47. The van der Waals surface area contributed by atoms with Crippen LogP contribution in [0.5, 0.6) is 0 Å². The zero-order valence-electron chi connectivity index (χ0n) is 8.17. The van der Waals surface area contributed by atoms with Crippen molar-refractivity contribution in [1.29, 1.82) is 0 Å². The largest absolute Gasteiger partial charge is 0.461 e. The van der Waals surface area contributed by atoms with Crippen molar-refractivity contribution < 1.29 is 14.1 Å². The molecule has 14 heavy (non-hydrogen) atoms. The second-order valence-electron chi connectivity index (χ2n) is 2.74. The molecule has 1 aromatic heterocycles. The number of carbonyl (C=O) groups is 1. The minimum Gasteiger partial charge on any atom is -0.461 e. The predicted molar refractivity (Wildman–Crippen MR) is 54.7 cm³/mol. The first-order chi connectivity index (χ1) is 6.70. The van der Waals surface area contributed by atoms with Gasteiger partial charge >= 0.3 is 5.97 Å². The maximum atomic E-state index is 11.3. The fourth-order valence-corrected chi connectivity index (χ4v) is 1.44. The number of halogens is 1. The van der Waals surface area contributed by atoms with Gasteiger partial charge in [-0.2, -0.15) is 0 Å². The lowest BCUT2D eigenvalue weighted by atomic mass is 10.2. The molecular weight excluding hydrogens is 250 g/mol. The Kier molecular flexibility index (Phi) is 4.13. The first-order valence-corrected chi connectivity index (χ1v) is 5.51. The molecule has 1 rings (SSSR count). The van der Waals surface area contributed by atoms with E-state index in [4.69, 9.17) is 9.26 Å². The van der Waals surface area contributed by atoms with Crippen molar-refractivity contribution in [3.05, 3.63) is 17.0 Å². The van der Waals surface area contributed by atoms with E-state index in [9.17, 15) is 4.79 Å². The Morgan fingerprint density at radius 3 is 2.93 bits per heavy atom. The SMILES string of the molecule is CCOC(=O)c1noc(CCBr)c1C. The van der Waals surface area contributed by atoms with Gasteiger partial charge in [-0.15, -0.1) is 0 Å². The molecule has 0 spiro atoms. The fraction of sp³-hybridized carbons (Fsp3) is 0.556. The number of aromatic nitrogens is 1. The Hall–Kier alpha value is -0.840. The standard InChI is InChI=1S/C9H12BrNO3/c1-3-13-9(12)8-6(2)7(4-5-10)14-11-8/h3-5H2,1-2H3. The molecule has 0 saturated carbocycles. The van der Waals surface area contributed by atoms with Gasteiger partial charge in [0, 0.05) is 17.3 Å². The van der Waals surface area contributed by atoms with Crippen molar-refractivity contribution in [3.63, 3.8) is 0 Å². The number of aryl methyl sites for hydroxylation is 1. The van der Waals surface area contributed by atoms with Gasteiger partial charge in [0.15, 0.2) is 5.69 Å². The highest BCUT2D eigenvalue weighted by atomic mass is 79.9. The zero-order valence-corrected chi connectivity index (χ0v) is 9.76. The highest BCUT2D eigenvalue weighted by molar-refractivity contribution is 9.09. The first kappa shape index (κ1) is 11.2. The molecule has 4 nitrogen and oxygen atoms in total. The van der Waals surface area contributed by atoms with Crippen LogP contribution in [0.25, 0.3) is 0 Å². The number of rotatable bonds is 4. The second kappa shape index (κ2) is 5.14. The van der Waals surface area contributed by atoms with Gasteiger partial charge < -0.3 is 9.26 Å². The van der Waals surface area contributed by atoms with Gasteiger partial charge in [0.2, 0.25) is 0 Å². The quantitative estimate of drug-likeness (QED) is 0.616. The van der Waals surface area contributed by atoms with E-state index in [0.29, 0.717) is 6.61 Å². The van der Waals surface area contributed by atoms with Crippen molar-refractivity contribution >= 4 is 21.9 Å². The van der Waals surface area contributed by atoms with Crippen LogP contribution in [0.15, 0.2) is 4.52 Å². The number of alkyl halides is 1. The maximum Gasteiger partial charge on any atom is 0.360 e. The summed E-state index contributed by atoms with van der Waals surface area (Å²) in [5.74, 6) is 0.305. The van der Waals surface area contributed by atoms with Gasteiger partial charge in [-0.3, -0.25) is 0 Å². The lowest BCUT2D eigenvalue weighted by Crippen LogP contribution is -2.06. The molecule has 0 bridgehead atoms. The molecule has 78 valence electrons. The molecule has 0 fully saturated rings. The summed E-state index contributed by atoms with van der Waals surface area (Å²) in [6.45, 7) is 3.91. The maximum absolute atomic E-state index is 11.3. The molecule has 0 saturated heterocycles. The van der Waals surface area contributed by atoms with E-state index in [2.05, 4.69) is 21.1 Å². The molecule has 0 atom stereocenters. The van der Waals surface area contributed by atoms with Crippen molar-refractivity contribution in [2.24, 2.45) is 0 Å². The van der Waals surface area contributed by atoms with Gasteiger partial charge in [0.1, 0.15) is 5.76 Å². The molecular formula is C9H12BrNO3. The van der Waals surface area contributed by atoms with E-state index >= 15 is 0 Å². The number of hydrogen-bond acceptors (Lipinski definition) is 4. The van der Waals surface area contributed by atoms with Gasteiger partial charge in [-0.1, -0.05) is 21.1 Å². The van der Waals surface area contributed by atoms with Gasteiger partial charge in [0.25, 0.3) is 0 Å².